The molecule has 10 heteroatoms. The predicted molar refractivity (Wildman–Crippen MR) is 89.5 cm³/mol. The Labute approximate surface area is 144 Å². The molecule has 23 heavy (non-hydrogen) atoms. The third-order valence-corrected chi connectivity index (χ3v) is 3.86. The summed E-state index contributed by atoms with van der Waals surface area (Å²) in [4.78, 5) is 21.8. The molecule has 1 aromatic rings. The Bertz CT molecular complexity index is 692. The first-order valence-electron chi connectivity index (χ1n) is 6.25. The van der Waals surface area contributed by atoms with Gasteiger partial charge in [0.2, 0.25) is 5.91 Å². The summed E-state index contributed by atoms with van der Waals surface area (Å²) in [7, 11) is 1.45. The minimum absolute atomic E-state index is 0.126. The van der Waals surface area contributed by atoms with Crippen molar-refractivity contribution in [3.05, 3.63) is 22.2 Å². The van der Waals surface area contributed by atoms with E-state index >= 15 is 0 Å². The molecule has 0 atom stereocenters. The van der Waals surface area contributed by atoms with Gasteiger partial charge in [0.15, 0.2) is 23.3 Å². The maximum Gasteiger partial charge on any atom is 0.341 e. The molecule has 1 aromatic carbocycles. The van der Waals surface area contributed by atoms with Crippen molar-refractivity contribution >= 4 is 51.0 Å². The van der Waals surface area contributed by atoms with E-state index in [0.717, 1.165) is 0 Å². The molecule has 0 aromatic heterocycles. The van der Waals surface area contributed by atoms with Crippen molar-refractivity contribution in [1.82, 2.24) is 5.32 Å². The molecule has 1 aliphatic heterocycles. The number of amides is 1. The molecular formula is C13H12BrN3O5S. The molecule has 0 bridgehead atoms. The van der Waals surface area contributed by atoms with E-state index in [1.165, 1.54) is 25.1 Å². The number of rotatable bonds is 6. The molecule has 0 radical (unpaired) electrons. The molecule has 0 spiro atoms. The first-order valence-corrected chi connectivity index (χ1v) is 8.03. The van der Waals surface area contributed by atoms with Gasteiger partial charge in [0, 0.05) is 10.0 Å². The molecule has 0 saturated carbocycles. The van der Waals surface area contributed by atoms with Crippen molar-refractivity contribution in [3.8, 4) is 11.5 Å². The van der Waals surface area contributed by atoms with Gasteiger partial charge in [0.25, 0.3) is 0 Å². The lowest BCUT2D eigenvalue weighted by atomic mass is 10.2. The highest BCUT2D eigenvalue weighted by molar-refractivity contribution is 9.10. The van der Waals surface area contributed by atoms with Crippen molar-refractivity contribution < 1.29 is 24.2 Å². The Morgan fingerprint density at radius 2 is 2.35 bits per heavy atom. The van der Waals surface area contributed by atoms with Crippen LogP contribution in [-0.2, 0) is 9.59 Å². The fraction of sp³-hybridized carbons (Fsp3) is 0.231. The Morgan fingerprint density at radius 3 is 2.96 bits per heavy atom. The monoisotopic (exact) mass is 401 g/mol. The van der Waals surface area contributed by atoms with E-state index in [2.05, 4.69) is 31.4 Å². The van der Waals surface area contributed by atoms with E-state index in [4.69, 9.17) is 14.6 Å². The highest BCUT2D eigenvalue weighted by atomic mass is 79.9. The Morgan fingerprint density at radius 1 is 1.57 bits per heavy atom. The van der Waals surface area contributed by atoms with Gasteiger partial charge in [-0.1, -0.05) is 27.7 Å². The van der Waals surface area contributed by atoms with Crippen LogP contribution in [0.5, 0.6) is 11.5 Å². The smallest absolute Gasteiger partial charge is 0.341 e. The summed E-state index contributed by atoms with van der Waals surface area (Å²) in [6, 6.07) is 3.33. The van der Waals surface area contributed by atoms with Crippen LogP contribution in [-0.4, -0.2) is 47.8 Å². The number of ether oxygens (including phenoxy) is 2. The number of benzene rings is 1. The van der Waals surface area contributed by atoms with Gasteiger partial charge in [-0.25, -0.2) is 4.79 Å². The van der Waals surface area contributed by atoms with Gasteiger partial charge < -0.3 is 19.9 Å². The number of methoxy groups -OCH3 is 1. The average molecular weight is 402 g/mol. The van der Waals surface area contributed by atoms with Crippen LogP contribution in [0.1, 0.15) is 5.56 Å². The quantitative estimate of drug-likeness (QED) is 0.551. The van der Waals surface area contributed by atoms with Gasteiger partial charge in [0.1, 0.15) is 0 Å². The van der Waals surface area contributed by atoms with Crippen molar-refractivity contribution in [2.75, 3.05) is 19.5 Å². The summed E-state index contributed by atoms with van der Waals surface area (Å²) in [6.45, 7) is -0.515. The molecule has 122 valence electrons. The van der Waals surface area contributed by atoms with Crippen LogP contribution in [0.15, 0.2) is 26.8 Å². The Balaban J connectivity index is 2.26. The van der Waals surface area contributed by atoms with Crippen LogP contribution in [0.4, 0.5) is 0 Å². The van der Waals surface area contributed by atoms with Crippen LogP contribution in [0, 0.1) is 0 Å². The number of carboxylic acids is 1. The van der Waals surface area contributed by atoms with Crippen LogP contribution in [0.3, 0.4) is 0 Å². The topological polar surface area (TPSA) is 110 Å². The first kappa shape index (κ1) is 17.3. The lowest BCUT2D eigenvalue weighted by Gasteiger charge is -2.12. The highest BCUT2D eigenvalue weighted by Gasteiger charge is 2.16. The number of carbonyl (C=O) groups is 2. The van der Waals surface area contributed by atoms with Gasteiger partial charge in [-0.2, -0.15) is 5.10 Å². The summed E-state index contributed by atoms with van der Waals surface area (Å²) in [6.07, 6.45) is 1.39. The number of thioether (sulfide) groups is 1. The number of amidine groups is 1. The largest absolute Gasteiger partial charge is 0.493 e. The van der Waals surface area contributed by atoms with Crippen LogP contribution >= 0.6 is 27.7 Å². The van der Waals surface area contributed by atoms with E-state index in [1.54, 1.807) is 12.1 Å². The van der Waals surface area contributed by atoms with E-state index in [0.29, 0.717) is 26.7 Å². The fourth-order valence-electron chi connectivity index (χ4n) is 1.65. The molecule has 1 heterocycles. The number of nitrogens with one attached hydrogen (secondary N) is 1. The standard InChI is InChI=1S/C13H12BrN3O5S/c1-21-9-3-8(14)2-7(12(9)22-5-11(19)20)4-15-17-13-16-10(18)6-23-13/h2-4H,5-6H2,1H3,(H,19,20)(H,16,17,18). The molecule has 2 N–H and O–H groups in total. The zero-order valence-electron chi connectivity index (χ0n) is 11.9. The van der Waals surface area contributed by atoms with Crippen molar-refractivity contribution in [2.45, 2.75) is 0 Å². The van der Waals surface area contributed by atoms with Crippen LogP contribution in [0.2, 0.25) is 0 Å². The second-order valence-electron chi connectivity index (χ2n) is 4.20. The number of aliphatic carboxylic acids is 1. The van der Waals surface area contributed by atoms with Crippen LogP contribution in [0.25, 0.3) is 0 Å². The minimum atomic E-state index is -1.11. The lowest BCUT2D eigenvalue weighted by molar-refractivity contribution is -0.139. The van der Waals surface area contributed by atoms with Crippen molar-refractivity contribution in [3.63, 3.8) is 0 Å². The number of carbonyl (C=O) groups excluding carboxylic acids is 1. The summed E-state index contributed by atoms with van der Waals surface area (Å²) < 4.78 is 11.1. The molecule has 8 nitrogen and oxygen atoms in total. The van der Waals surface area contributed by atoms with E-state index in [-0.39, 0.29) is 11.7 Å². The zero-order valence-corrected chi connectivity index (χ0v) is 14.3. The number of hydrogen-bond donors (Lipinski definition) is 2. The number of halogens is 1. The minimum Gasteiger partial charge on any atom is -0.493 e. The summed E-state index contributed by atoms with van der Waals surface area (Å²) in [5, 5.41) is 19.5. The van der Waals surface area contributed by atoms with E-state index in [1.807, 2.05) is 0 Å². The van der Waals surface area contributed by atoms with Gasteiger partial charge in [-0.3, -0.25) is 4.79 Å². The van der Waals surface area contributed by atoms with Gasteiger partial charge >= 0.3 is 5.97 Å². The zero-order chi connectivity index (χ0) is 16.8. The average Bonchev–Trinajstić information content (AvgIpc) is 2.91. The van der Waals surface area contributed by atoms with Crippen LogP contribution < -0.4 is 14.8 Å². The summed E-state index contributed by atoms with van der Waals surface area (Å²) in [5.41, 5.74) is 0.483. The lowest BCUT2D eigenvalue weighted by Crippen LogP contribution is -2.19. The first-order chi connectivity index (χ1) is 11.0. The molecule has 0 unspecified atom stereocenters. The van der Waals surface area contributed by atoms with E-state index < -0.39 is 12.6 Å². The Kier molecular flexibility index (Phi) is 5.99. The fourth-order valence-corrected chi connectivity index (χ4v) is 2.73. The summed E-state index contributed by atoms with van der Waals surface area (Å²) in [5.74, 6) is -0.323. The second-order valence-corrected chi connectivity index (χ2v) is 6.08. The van der Waals surface area contributed by atoms with Gasteiger partial charge in [-0.15, -0.1) is 5.10 Å². The number of carboxylic acid groups (broad SMARTS) is 1. The SMILES string of the molecule is COc1cc(Br)cc(C=NN=C2NC(=O)CS2)c1OCC(=O)O. The van der Waals surface area contributed by atoms with Crippen molar-refractivity contribution in [2.24, 2.45) is 10.2 Å². The third-order valence-electron chi connectivity index (χ3n) is 2.54. The van der Waals surface area contributed by atoms with Gasteiger partial charge in [-0.05, 0) is 12.1 Å². The molecule has 0 aliphatic carbocycles. The van der Waals surface area contributed by atoms with Crippen molar-refractivity contribution in [1.29, 1.82) is 0 Å². The number of hydrogen-bond acceptors (Lipinski definition) is 7. The highest BCUT2D eigenvalue weighted by Crippen LogP contribution is 2.34. The normalized spacial score (nSPS) is 15.9. The van der Waals surface area contributed by atoms with E-state index in [9.17, 15) is 9.59 Å². The molecule has 1 fully saturated rings. The Hall–Kier alpha value is -2.07. The maximum absolute atomic E-state index is 11.1. The molecule has 1 saturated heterocycles. The van der Waals surface area contributed by atoms with Gasteiger partial charge in [0.05, 0.1) is 19.1 Å². The molecular weight excluding hydrogens is 390 g/mol. The maximum atomic E-state index is 11.1. The predicted octanol–water partition coefficient (Wildman–Crippen LogP) is 1.47. The number of nitrogens with zero attached hydrogens (tertiary/aromatic N) is 2. The molecule has 2 rings (SSSR count). The third kappa shape index (κ3) is 4.96. The second kappa shape index (κ2) is 7.97. The molecule has 1 amide bonds. The molecule has 1 aliphatic rings. The summed E-state index contributed by atoms with van der Waals surface area (Å²) >= 11 is 4.57.